The first-order valence-corrected chi connectivity index (χ1v) is 7.22. The summed E-state index contributed by atoms with van der Waals surface area (Å²) in [6.07, 6.45) is 0. The molecule has 0 saturated heterocycles. The van der Waals surface area contributed by atoms with Gasteiger partial charge < -0.3 is 5.73 Å². The van der Waals surface area contributed by atoms with Crippen molar-refractivity contribution < 1.29 is 0 Å². The molecule has 0 bridgehead atoms. The molecule has 0 spiro atoms. The smallest absolute Gasteiger partial charge is 0.0438 e. The highest BCUT2D eigenvalue weighted by molar-refractivity contribution is 7.99. The number of rotatable bonds is 4. The van der Waals surface area contributed by atoms with Crippen molar-refractivity contribution in [2.45, 2.75) is 17.9 Å². The molecule has 3 heteroatoms. The Kier molecular flexibility index (Phi) is 4.70. The van der Waals surface area contributed by atoms with Gasteiger partial charge in [-0.2, -0.15) is 0 Å². The van der Waals surface area contributed by atoms with E-state index in [0.29, 0.717) is 0 Å². The minimum Gasteiger partial charge on any atom is -0.323 e. The molecule has 0 radical (unpaired) electrons. The van der Waals surface area contributed by atoms with E-state index in [-0.39, 0.29) is 6.04 Å². The van der Waals surface area contributed by atoms with Crippen LogP contribution in [0.15, 0.2) is 53.4 Å². The van der Waals surface area contributed by atoms with Crippen LogP contribution in [0.4, 0.5) is 0 Å². The molecule has 0 aliphatic rings. The standard InChI is InChI=1S/C15H16ClNS/c1-11-7-8-12(9-14(11)16)15(17)10-18-13-5-3-2-4-6-13/h2-9,15H,10,17H2,1H3. The first kappa shape index (κ1) is 13.5. The lowest BCUT2D eigenvalue weighted by atomic mass is 10.1. The van der Waals surface area contributed by atoms with Gasteiger partial charge in [-0.25, -0.2) is 0 Å². The number of nitrogens with two attached hydrogens (primary N) is 1. The van der Waals surface area contributed by atoms with Crippen LogP contribution < -0.4 is 5.73 Å². The van der Waals surface area contributed by atoms with E-state index in [1.54, 1.807) is 11.8 Å². The first-order valence-electron chi connectivity index (χ1n) is 5.86. The monoisotopic (exact) mass is 277 g/mol. The molecule has 18 heavy (non-hydrogen) atoms. The molecule has 1 atom stereocenters. The van der Waals surface area contributed by atoms with Crippen LogP contribution in [0.1, 0.15) is 17.2 Å². The van der Waals surface area contributed by atoms with E-state index in [9.17, 15) is 0 Å². The topological polar surface area (TPSA) is 26.0 Å². The van der Waals surface area contributed by atoms with Crippen LogP contribution in [0.25, 0.3) is 0 Å². The van der Waals surface area contributed by atoms with Crippen LogP contribution >= 0.6 is 23.4 Å². The SMILES string of the molecule is Cc1ccc(C(N)CSc2ccccc2)cc1Cl. The van der Waals surface area contributed by atoms with Gasteiger partial charge in [0, 0.05) is 21.7 Å². The number of thioether (sulfide) groups is 1. The summed E-state index contributed by atoms with van der Waals surface area (Å²) in [4.78, 5) is 1.24. The zero-order chi connectivity index (χ0) is 13.0. The van der Waals surface area contributed by atoms with E-state index in [0.717, 1.165) is 21.9 Å². The van der Waals surface area contributed by atoms with Crippen molar-refractivity contribution in [2.75, 3.05) is 5.75 Å². The van der Waals surface area contributed by atoms with Gasteiger partial charge in [-0.15, -0.1) is 11.8 Å². The van der Waals surface area contributed by atoms with Crippen LogP contribution in [0, 0.1) is 6.92 Å². The quantitative estimate of drug-likeness (QED) is 0.836. The Bertz CT molecular complexity index is 513. The van der Waals surface area contributed by atoms with Crippen LogP contribution in [0.2, 0.25) is 5.02 Å². The largest absolute Gasteiger partial charge is 0.323 e. The van der Waals surface area contributed by atoms with Gasteiger partial charge in [0.1, 0.15) is 0 Å². The normalized spacial score (nSPS) is 12.4. The van der Waals surface area contributed by atoms with E-state index < -0.39 is 0 Å². The van der Waals surface area contributed by atoms with E-state index in [1.807, 2.05) is 37.3 Å². The van der Waals surface area contributed by atoms with Gasteiger partial charge in [0.25, 0.3) is 0 Å². The van der Waals surface area contributed by atoms with Crippen molar-refractivity contribution in [3.63, 3.8) is 0 Å². The second-order valence-corrected chi connectivity index (χ2v) is 5.74. The third-order valence-electron chi connectivity index (χ3n) is 2.80. The fourth-order valence-electron chi connectivity index (χ4n) is 1.64. The average molecular weight is 278 g/mol. The molecule has 0 heterocycles. The molecule has 2 aromatic rings. The van der Waals surface area contributed by atoms with Gasteiger partial charge in [-0.1, -0.05) is 41.9 Å². The molecule has 0 saturated carbocycles. The second-order valence-electron chi connectivity index (χ2n) is 4.24. The summed E-state index contributed by atoms with van der Waals surface area (Å²) in [5.41, 5.74) is 8.36. The van der Waals surface area contributed by atoms with Crippen molar-refractivity contribution in [1.29, 1.82) is 0 Å². The van der Waals surface area contributed by atoms with Crippen molar-refractivity contribution >= 4 is 23.4 Å². The van der Waals surface area contributed by atoms with Crippen LogP contribution in [0.5, 0.6) is 0 Å². The fourth-order valence-corrected chi connectivity index (χ4v) is 2.74. The maximum atomic E-state index is 6.18. The maximum Gasteiger partial charge on any atom is 0.0438 e. The minimum atomic E-state index is 0.00769. The third-order valence-corrected chi connectivity index (χ3v) is 4.34. The van der Waals surface area contributed by atoms with Crippen molar-refractivity contribution in [3.8, 4) is 0 Å². The number of hydrogen-bond donors (Lipinski definition) is 1. The maximum absolute atomic E-state index is 6.18. The van der Waals surface area contributed by atoms with Crippen molar-refractivity contribution in [2.24, 2.45) is 5.73 Å². The van der Waals surface area contributed by atoms with Gasteiger partial charge in [0.05, 0.1) is 0 Å². The van der Waals surface area contributed by atoms with Gasteiger partial charge >= 0.3 is 0 Å². The molecule has 1 unspecified atom stereocenters. The summed E-state index contributed by atoms with van der Waals surface area (Å²) in [6, 6.07) is 16.3. The van der Waals surface area contributed by atoms with Gasteiger partial charge in [-0.3, -0.25) is 0 Å². The summed E-state index contributed by atoms with van der Waals surface area (Å²) >= 11 is 7.88. The molecule has 0 fully saturated rings. The van der Waals surface area contributed by atoms with Gasteiger partial charge in [0.15, 0.2) is 0 Å². The molecular weight excluding hydrogens is 262 g/mol. The molecule has 2 rings (SSSR count). The second kappa shape index (κ2) is 6.28. The lowest BCUT2D eigenvalue weighted by Crippen LogP contribution is -2.12. The van der Waals surface area contributed by atoms with E-state index >= 15 is 0 Å². The Morgan fingerprint density at radius 2 is 1.89 bits per heavy atom. The molecule has 2 N–H and O–H groups in total. The first-order chi connectivity index (χ1) is 8.66. The van der Waals surface area contributed by atoms with Crippen molar-refractivity contribution in [3.05, 3.63) is 64.7 Å². The third kappa shape index (κ3) is 3.52. The van der Waals surface area contributed by atoms with E-state index in [4.69, 9.17) is 17.3 Å². The molecular formula is C15H16ClNS. The molecule has 1 nitrogen and oxygen atoms in total. The Balaban J connectivity index is 1.99. The van der Waals surface area contributed by atoms with E-state index in [1.165, 1.54) is 4.90 Å². The summed E-state index contributed by atoms with van der Waals surface area (Å²) < 4.78 is 0. The Morgan fingerprint density at radius 3 is 2.56 bits per heavy atom. The predicted molar refractivity (Wildman–Crippen MR) is 80.3 cm³/mol. The Hall–Kier alpha value is -0.960. The van der Waals surface area contributed by atoms with Crippen molar-refractivity contribution in [1.82, 2.24) is 0 Å². The minimum absolute atomic E-state index is 0.00769. The fraction of sp³-hybridized carbons (Fsp3) is 0.200. The highest BCUT2D eigenvalue weighted by Gasteiger charge is 2.08. The lowest BCUT2D eigenvalue weighted by molar-refractivity contribution is 0.831. The number of hydrogen-bond acceptors (Lipinski definition) is 2. The molecule has 0 aliphatic heterocycles. The summed E-state index contributed by atoms with van der Waals surface area (Å²) in [6.45, 7) is 2.00. The molecule has 0 aliphatic carbocycles. The summed E-state index contributed by atoms with van der Waals surface area (Å²) in [7, 11) is 0. The predicted octanol–water partition coefficient (Wildman–Crippen LogP) is 4.44. The average Bonchev–Trinajstić information content (AvgIpc) is 2.40. The zero-order valence-electron chi connectivity index (χ0n) is 10.3. The molecule has 0 amide bonds. The molecule has 2 aromatic carbocycles. The summed E-state index contributed by atoms with van der Waals surface area (Å²) in [5.74, 6) is 0.851. The van der Waals surface area contributed by atoms with Gasteiger partial charge in [-0.05, 0) is 36.2 Å². The number of aryl methyl sites for hydroxylation is 1. The van der Waals surface area contributed by atoms with Gasteiger partial charge in [0.2, 0.25) is 0 Å². The van der Waals surface area contributed by atoms with Crippen LogP contribution in [-0.2, 0) is 0 Å². The van der Waals surface area contributed by atoms with E-state index in [2.05, 4.69) is 18.2 Å². The van der Waals surface area contributed by atoms with Crippen LogP contribution in [-0.4, -0.2) is 5.75 Å². The summed E-state index contributed by atoms with van der Waals surface area (Å²) in [5, 5.41) is 0.785. The molecule has 0 aromatic heterocycles. The molecule has 94 valence electrons. The van der Waals surface area contributed by atoms with Crippen LogP contribution in [0.3, 0.4) is 0 Å². The number of halogens is 1. The number of benzene rings is 2. The Labute approximate surface area is 117 Å². The zero-order valence-corrected chi connectivity index (χ0v) is 11.8. The lowest BCUT2D eigenvalue weighted by Gasteiger charge is -2.12. The highest BCUT2D eigenvalue weighted by Crippen LogP contribution is 2.25. The Morgan fingerprint density at radius 1 is 1.17 bits per heavy atom. The highest BCUT2D eigenvalue weighted by atomic mass is 35.5.